The van der Waals surface area contributed by atoms with Gasteiger partial charge in [-0.05, 0) is 43.3 Å². The van der Waals surface area contributed by atoms with Crippen LogP contribution < -0.4 is 10.6 Å². The van der Waals surface area contributed by atoms with Crippen LogP contribution in [-0.2, 0) is 6.42 Å². The van der Waals surface area contributed by atoms with Crippen LogP contribution in [-0.4, -0.2) is 23.1 Å². The molecule has 6 heteroatoms. The molecule has 1 unspecified atom stereocenters. The van der Waals surface area contributed by atoms with Gasteiger partial charge in [-0.15, -0.1) is 0 Å². The van der Waals surface area contributed by atoms with E-state index in [1.165, 1.54) is 12.1 Å². The van der Waals surface area contributed by atoms with E-state index in [0.717, 1.165) is 5.76 Å². The van der Waals surface area contributed by atoms with E-state index in [1.54, 1.807) is 24.5 Å². The van der Waals surface area contributed by atoms with Crippen molar-refractivity contribution in [2.75, 3.05) is 5.32 Å². The number of anilines is 1. The zero-order valence-corrected chi connectivity index (χ0v) is 11.5. The lowest BCUT2D eigenvalue weighted by Crippen LogP contribution is -2.37. The zero-order valence-electron chi connectivity index (χ0n) is 11.5. The lowest BCUT2D eigenvalue weighted by molar-refractivity contribution is 0.0697. The minimum absolute atomic E-state index is 0.0885. The van der Waals surface area contributed by atoms with Crippen LogP contribution in [0.5, 0.6) is 0 Å². The number of carboxylic acid groups (broad SMARTS) is 1. The Labute approximate surface area is 121 Å². The van der Waals surface area contributed by atoms with Gasteiger partial charge in [0.1, 0.15) is 5.76 Å². The number of hydrogen-bond donors (Lipinski definition) is 3. The molecule has 0 fully saturated rings. The lowest BCUT2D eigenvalue weighted by Gasteiger charge is -2.13. The van der Waals surface area contributed by atoms with Gasteiger partial charge in [-0.25, -0.2) is 9.59 Å². The lowest BCUT2D eigenvalue weighted by atomic mass is 10.2. The monoisotopic (exact) mass is 288 g/mol. The Hall–Kier alpha value is -2.76. The minimum Gasteiger partial charge on any atom is -0.478 e. The molecule has 1 aromatic heterocycles. The Bertz CT molecular complexity index is 605. The second-order valence-electron chi connectivity index (χ2n) is 4.67. The van der Waals surface area contributed by atoms with Crippen LogP contribution in [0, 0.1) is 0 Å². The van der Waals surface area contributed by atoms with E-state index in [2.05, 4.69) is 10.6 Å². The van der Waals surface area contributed by atoms with Crippen molar-refractivity contribution in [2.24, 2.45) is 0 Å². The molecular formula is C15H16N2O4. The molecule has 1 aromatic carbocycles. The summed E-state index contributed by atoms with van der Waals surface area (Å²) < 4.78 is 5.21. The first kappa shape index (κ1) is 14.6. The zero-order chi connectivity index (χ0) is 15.2. The maximum atomic E-state index is 11.8. The van der Waals surface area contributed by atoms with Crippen LogP contribution in [0.2, 0.25) is 0 Å². The van der Waals surface area contributed by atoms with Crippen LogP contribution in [0.15, 0.2) is 47.1 Å². The van der Waals surface area contributed by atoms with Gasteiger partial charge in [0.15, 0.2) is 0 Å². The summed E-state index contributed by atoms with van der Waals surface area (Å²) in [4.78, 5) is 22.5. The molecule has 0 aliphatic carbocycles. The molecule has 0 aliphatic rings. The maximum Gasteiger partial charge on any atom is 0.335 e. The number of aromatic carboxylic acids is 1. The maximum absolute atomic E-state index is 11.8. The molecule has 0 spiro atoms. The van der Waals surface area contributed by atoms with E-state index in [1.807, 2.05) is 13.0 Å². The fourth-order valence-corrected chi connectivity index (χ4v) is 1.87. The van der Waals surface area contributed by atoms with E-state index in [9.17, 15) is 9.59 Å². The summed E-state index contributed by atoms with van der Waals surface area (Å²) in [6.07, 6.45) is 2.19. The Morgan fingerprint density at radius 2 is 1.95 bits per heavy atom. The Morgan fingerprint density at radius 3 is 2.52 bits per heavy atom. The first-order valence-corrected chi connectivity index (χ1v) is 6.48. The fraction of sp³-hybridized carbons (Fsp3) is 0.200. The molecule has 2 amide bonds. The molecule has 0 bridgehead atoms. The van der Waals surface area contributed by atoms with Gasteiger partial charge in [0.25, 0.3) is 0 Å². The molecule has 21 heavy (non-hydrogen) atoms. The third-order valence-corrected chi connectivity index (χ3v) is 2.85. The van der Waals surface area contributed by atoms with E-state index < -0.39 is 5.97 Å². The summed E-state index contributed by atoms with van der Waals surface area (Å²) >= 11 is 0. The van der Waals surface area contributed by atoms with Crippen molar-refractivity contribution in [3.8, 4) is 0 Å². The first-order chi connectivity index (χ1) is 10.0. The van der Waals surface area contributed by atoms with Gasteiger partial charge in [-0.2, -0.15) is 0 Å². The van der Waals surface area contributed by atoms with Gasteiger partial charge in [0, 0.05) is 18.2 Å². The second-order valence-corrected chi connectivity index (χ2v) is 4.67. The molecule has 6 nitrogen and oxygen atoms in total. The minimum atomic E-state index is -1.00. The average molecular weight is 288 g/mol. The SMILES string of the molecule is CC(Cc1ccco1)NC(=O)Nc1ccc(C(=O)O)cc1. The van der Waals surface area contributed by atoms with Crippen molar-refractivity contribution in [1.29, 1.82) is 0 Å². The molecule has 0 radical (unpaired) electrons. The Kier molecular flexibility index (Phi) is 4.61. The van der Waals surface area contributed by atoms with E-state index in [-0.39, 0.29) is 17.6 Å². The summed E-state index contributed by atoms with van der Waals surface area (Å²) in [5.74, 6) is -0.202. The average Bonchev–Trinajstić information content (AvgIpc) is 2.91. The van der Waals surface area contributed by atoms with Gasteiger partial charge in [0.2, 0.25) is 0 Å². The number of hydrogen-bond acceptors (Lipinski definition) is 3. The van der Waals surface area contributed by atoms with Gasteiger partial charge < -0.3 is 20.2 Å². The molecule has 2 rings (SSSR count). The van der Waals surface area contributed by atoms with E-state index in [4.69, 9.17) is 9.52 Å². The number of amides is 2. The largest absolute Gasteiger partial charge is 0.478 e. The number of benzene rings is 1. The highest BCUT2D eigenvalue weighted by Gasteiger charge is 2.10. The third kappa shape index (κ3) is 4.38. The molecule has 1 heterocycles. The second kappa shape index (κ2) is 6.60. The number of rotatable bonds is 5. The standard InChI is InChI=1S/C15H16N2O4/c1-10(9-13-3-2-8-21-13)16-15(20)17-12-6-4-11(5-7-12)14(18)19/h2-8,10H,9H2,1H3,(H,18,19)(H2,16,17,20). The van der Waals surface area contributed by atoms with Gasteiger partial charge in [-0.3, -0.25) is 0 Å². The van der Waals surface area contributed by atoms with Crippen LogP contribution >= 0.6 is 0 Å². The van der Waals surface area contributed by atoms with Crippen LogP contribution in [0.3, 0.4) is 0 Å². The van der Waals surface area contributed by atoms with Gasteiger partial charge in [0.05, 0.1) is 11.8 Å². The Morgan fingerprint density at radius 1 is 1.24 bits per heavy atom. The van der Waals surface area contributed by atoms with Crippen molar-refractivity contribution in [1.82, 2.24) is 5.32 Å². The molecule has 2 aromatic rings. The van der Waals surface area contributed by atoms with Crippen molar-refractivity contribution < 1.29 is 19.1 Å². The Balaban J connectivity index is 1.84. The normalized spacial score (nSPS) is 11.7. The van der Waals surface area contributed by atoms with Crippen molar-refractivity contribution in [3.05, 3.63) is 54.0 Å². The molecule has 0 aliphatic heterocycles. The summed E-state index contributed by atoms with van der Waals surface area (Å²) in [6.45, 7) is 1.87. The van der Waals surface area contributed by atoms with Crippen LogP contribution in [0.4, 0.5) is 10.5 Å². The first-order valence-electron chi connectivity index (χ1n) is 6.48. The van der Waals surface area contributed by atoms with Gasteiger partial charge >= 0.3 is 12.0 Å². The third-order valence-electron chi connectivity index (χ3n) is 2.85. The van der Waals surface area contributed by atoms with Crippen molar-refractivity contribution >= 4 is 17.7 Å². The fourth-order valence-electron chi connectivity index (χ4n) is 1.87. The number of carbonyl (C=O) groups excluding carboxylic acids is 1. The number of carboxylic acids is 1. The highest BCUT2D eigenvalue weighted by atomic mass is 16.4. The smallest absolute Gasteiger partial charge is 0.335 e. The number of urea groups is 1. The molecule has 0 saturated heterocycles. The summed E-state index contributed by atoms with van der Waals surface area (Å²) in [5, 5.41) is 14.2. The topological polar surface area (TPSA) is 91.6 Å². The summed E-state index contributed by atoms with van der Waals surface area (Å²) in [7, 11) is 0. The predicted octanol–water partition coefficient (Wildman–Crippen LogP) is 2.73. The predicted molar refractivity (Wildman–Crippen MR) is 77.4 cm³/mol. The summed E-state index contributed by atoms with van der Waals surface area (Å²) in [5.41, 5.74) is 0.704. The number of carbonyl (C=O) groups is 2. The molecule has 3 N–H and O–H groups in total. The quantitative estimate of drug-likeness (QED) is 0.788. The molecule has 110 valence electrons. The molecule has 1 atom stereocenters. The highest BCUT2D eigenvalue weighted by Crippen LogP contribution is 2.10. The van der Waals surface area contributed by atoms with E-state index >= 15 is 0 Å². The number of furan rings is 1. The van der Waals surface area contributed by atoms with Crippen molar-refractivity contribution in [3.63, 3.8) is 0 Å². The van der Waals surface area contributed by atoms with Crippen LogP contribution in [0.25, 0.3) is 0 Å². The molecular weight excluding hydrogens is 272 g/mol. The van der Waals surface area contributed by atoms with Crippen molar-refractivity contribution in [2.45, 2.75) is 19.4 Å². The molecule has 0 saturated carbocycles. The van der Waals surface area contributed by atoms with E-state index in [0.29, 0.717) is 12.1 Å². The summed E-state index contributed by atoms with van der Waals surface area (Å²) in [6, 6.07) is 9.16. The van der Waals surface area contributed by atoms with Gasteiger partial charge in [-0.1, -0.05) is 0 Å². The van der Waals surface area contributed by atoms with Crippen LogP contribution in [0.1, 0.15) is 23.0 Å². The number of nitrogens with one attached hydrogen (secondary N) is 2. The highest BCUT2D eigenvalue weighted by molar-refractivity contribution is 5.91.